The van der Waals surface area contributed by atoms with Gasteiger partial charge >= 0.3 is 0 Å². The van der Waals surface area contributed by atoms with Crippen LogP contribution in [0.25, 0.3) is 11.0 Å². The van der Waals surface area contributed by atoms with Crippen LogP contribution in [-0.4, -0.2) is 28.2 Å². The summed E-state index contributed by atoms with van der Waals surface area (Å²) in [5.74, 6) is 0.656. The molecular formula is C18H18ClN3O2S. The first-order valence-corrected chi connectivity index (χ1v) is 8.99. The number of amides is 1. The molecule has 0 radical (unpaired) electrons. The number of anilines is 1. The van der Waals surface area contributed by atoms with Gasteiger partial charge in [0.2, 0.25) is 5.91 Å². The molecule has 0 spiro atoms. The number of carbonyl (C=O) groups excluding carboxylic acids is 1. The van der Waals surface area contributed by atoms with Crippen LogP contribution in [0.2, 0.25) is 5.02 Å². The Balaban J connectivity index is 1.71. The van der Waals surface area contributed by atoms with Gasteiger partial charge in [-0.25, -0.2) is 4.98 Å². The van der Waals surface area contributed by atoms with Crippen molar-refractivity contribution in [1.29, 1.82) is 0 Å². The van der Waals surface area contributed by atoms with Crippen LogP contribution in [0.15, 0.2) is 41.6 Å². The van der Waals surface area contributed by atoms with Crippen LogP contribution in [0.5, 0.6) is 5.75 Å². The summed E-state index contributed by atoms with van der Waals surface area (Å²) in [7, 11) is 1.62. The Morgan fingerprint density at radius 2 is 2.12 bits per heavy atom. The minimum atomic E-state index is -0.319. The summed E-state index contributed by atoms with van der Waals surface area (Å²) < 4.78 is 5.21. The van der Waals surface area contributed by atoms with E-state index < -0.39 is 0 Å². The molecule has 1 aromatic heterocycles. The predicted molar refractivity (Wildman–Crippen MR) is 103 cm³/mol. The molecule has 1 atom stereocenters. The number of nitrogens with one attached hydrogen (secondary N) is 2. The van der Waals surface area contributed by atoms with Gasteiger partial charge in [0.1, 0.15) is 5.75 Å². The normalized spacial score (nSPS) is 12.2. The average molecular weight is 376 g/mol. The lowest BCUT2D eigenvalue weighted by molar-refractivity contribution is -0.115. The minimum absolute atomic E-state index is 0.103. The zero-order valence-electron chi connectivity index (χ0n) is 14.1. The molecule has 5 nitrogen and oxygen atoms in total. The summed E-state index contributed by atoms with van der Waals surface area (Å²) in [5.41, 5.74) is 3.40. The number of fused-ring (bicyclic) bond motifs is 1. The number of imidazole rings is 1. The van der Waals surface area contributed by atoms with Crippen molar-refractivity contribution in [2.45, 2.75) is 24.3 Å². The predicted octanol–water partition coefficient (Wildman–Crippen LogP) is 4.65. The quantitative estimate of drug-likeness (QED) is 0.637. The molecular weight excluding hydrogens is 358 g/mol. The van der Waals surface area contributed by atoms with E-state index in [0.29, 0.717) is 10.2 Å². The lowest BCUT2D eigenvalue weighted by Gasteiger charge is -2.12. The molecule has 3 rings (SSSR count). The lowest BCUT2D eigenvalue weighted by Crippen LogP contribution is -2.23. The van der Waals surface area contributed by atoms with Gasteiger partial charge in [0.05, 0.1) is 23.4 Å². The Hall–Kier alpha value is -2.18. The summed E-state index contributed by atoms with van der Waals surface area (Å²) in [5, 5.41) is 3.88. The summed E-state index contributed by atoms with van der Waals surface area (Å²) in [6, 6.07) is 11.0. The fourth-order valence-corrected chi connectivity index (χ4v) is 3.33. The largest absolute Gasteiger partial charge is 0.497 e. The number of ether oxygens (including phenoxy) is 1. The maximum Gasteiger partial charge on any atom is 0.237 e. The fourth-order valence-electron chi connectivity index (χ4n) is 2.33. The smallest absolute Gasteiger partial charge is 0.237 e. The molecule has 1 unspecified atom stereocenters. The molecule has 2 aromatic carbocycles. The number of aromatic nitrogens is 2. The van der Waals surface area contributed by atoms with E-state index in [1.165, 1.54) is 11.8 Å². The van der Waals surface area contributed by atoms with Crippen LogP contribution >= 0.6 is 23.4 Å². The third kappa shape index (κ3) is 4.08. The van der Waals surface area contributed by atoms with Crippen molar-refractivity contribution in [2.75, 3.05) is 12.4 Å². The number of aryl methyl sites for hydroxylation is 1. The summed E-state index contributed by atoms with van der Waals surface area (Å²) in [4.78, 5) is 20.2. The third-order valence-corrected chi connectivity index (χ3v) is 5.00. The van der Waals surface area contributed by atoms with E-state index in [1.807, 2.05) is 38.1 Å². The van der Waals surface area contributed by atoms with Gasteiger partial charge in [-0.15, -0.1) is 0 Å². The number of thioether (sulfide) groups is 1. The van der Waals surface area contributed by atoms with Crippen molar-refractivity contribution in [3.05, 3.63) is 47.0 Å². The molecule has 0 aliphatic heterocycles. The number of H-pyrrole nitrogens is 1. The maximum atomic E-state index is 12.5. The van der Waals surface area contributed by atoms with Gasteiger partial charge in [0.25, 0.3) is 0 Å². The highest BCUT2D eigenvalue weighted by atomic mass is 35.5. The first-order valence-electron chi connectivity index (χ1n) is 7.73. The van der Waals surface area contributed by atoms with E-state index in [1.54, 1.807) is 19.2 Å². The van der Waals surface area contributed by atoms with Gasteiger partial charge in [-0.05, 0) is 43.7 Å². The standard InChI is InChI=1S/C18H18ClN3O2S/c1-10-4-5-12(19)8-15(10)20-17(23)11(2)25-18-21-14-7-6-13(24-3)9-16(14)22-18/h4-9,11H,1-3H3,(H,20,23)(H,21,22). The molecule has 1 heterocycles. The van der Waals surface area contributed by atoms with E-state index in [9.17, 15) is 4.79 Å². The molecule has 25 heavy (non-hydrogen) atoms. The number of nitrogens with zero attached hydrogens (tertiary/aromatic N) is 1. The van der Waals surface area contributed by atoms with Gasteiger partial charge in [0.15, 0.2) is 5.16 Å². The van der Waals surface area contributed by atoms with E-state index in [2.05, 4.69) is 15.3 Å². The van der Waals surface area contributed by atoms with Crippen LogP contribution in [0.3, 0.4) is 0 Å². The van der Waals surface area contributed by atoms with Crippen LogP contribution in [0, 0.1) is 6.92 Å². The van der Waals surface area contributed by atoms with Crippen molar-refractivity contribution in [3.63, 3.8) is 0 Å². The lowest BCUT2D eigenvalue weighted by atomic mass is 10.2. The Kier molecular flexibility index (Phi) is 5.20. The van der Waals surface area contributed by atoms with Crippen molar-refractivity contribution in [3.8, 4) is 5.75 Å². The Labute approximate surface area is 155 Å². The van der Waals surface area contributed by atoms with Crippen LogP contribution < -0.4 is 10.1 Å². The molecule has 0 bridgehead atoms. The van der Waals surface area contributed by atoms with E-state index in [0.717, 1.165) is 28.0 Å². The summed E-state index contributed by atoms with van der Waals surface area (Å²) >= 11 is 7.37. The zero-order valence-corrected chi connectivity index (χ0v) is 15.7. The molecule has 1 amide bonds. The number of benzene rings is 2. The number of aromatic amines is 1. The highest BCUT2D eigenvalue weighted by molar-refractivity contribution is 8.00. The third-order valence-electron chi connectivity index (χ3n) is 3.78. The Morgan fingerprint density at radius 3 is 2.88 bits per heavy atom. The van der Waals surface area contributed by atoms with E-state index >= 15 is 0 Å². The topological polar surface area (TPSA) is 67.0 Å². The van der Waals surface area contributed by atoms with E-state index in [4.69, 9.17) is 16.3 Å². The first kappa shape index (κ1) is 17.6. The van der Waals surface area contributed by atoms with Gasteiger partial charge in [0, 0.05) is 16.8 Å². The summed E-state index contributed by atoms with van der Waals surface area (Å²) in [6.45, 7) is 3.77. The number of rotatable bonds is 5. The van der Waals surface area contributed by atoms with Crippen molar-refractivity contribution in [1.82, 2.24) is 9.97 Å². The molecule has 0 saturated heterocycles. The number of halogens is 1. The van der Waals surface area contributed by atoms with Gasteiger partial charge in [-0.2, -0.15) is 0 Å². The molecule has 3 aromatic rings. The minimum Gasteiger partial charge on any atom is -0.497 e. The molecule has 0 saturated carbocycles. The zero-order chi connectivity index (χ0) is 18.0. The molecule has 2 N–H and O–H groups in total. The van der Waals surface area contributed by atoms with Gasteiger partial charge < -0.3 is 15.0 Å². The monoisotopic (exact) mass is 375 g/mol. The number of methoxy groups -OCH3 is 1. The second kappa shape index (κ2) is 7.37. The molecule has 7 heteroatoms. The molecule has 0 fully saturated rings. The first-order chi connectivity index (χ1) is 12.0. The van der Waals surface area contributed by atoms with Crippen molar-refractivity contribution >= 4 is 46.0 Å². The number of hydrogen-bond donors (Lipinski definition) is 2. The van der Waals surface area contributed by atoms with E-state index in [-0.39, 0.29) is 11.2 Å². The molecule has 0 aliphatic carbocycles. The maximum absolute atomic E-state index is 12.5. The summed E-state index contributed by atoms with van der Waals surface area (Å²) in [6.07, 6.45) is 0. The Bertz CT molecular complexity index is 926. The van der Waals surface area contributed by atoms with Crippen LogP contribution in [-0.2, 0) is 4.79 Å². The van der Waals surface area contributed by atoms with Gasteiger partial charge in [-0.1, -0.05) is 29.4 Å². The second-order valence-electron chi connectivity index (χ2n) is 5.63. The Morgan fingerprint density at radius 1 is 1.32 bits per heavy atom. The number of hydrogen-bond acceptors (Lipinski definition) is 4. The van der Waals surface area contributed by atoms with Crippen LogP contribution in [0.1, 0.15) is 12.5 Å². The number of carbonyl (C=O) groups is 1. The van der Waals surface area contributed by atoms with Crippen molar-refractivity contribution < 1.29 is 9.53 Å². The van der Waals surface area contributed by atoms with Crippen LogP contribution in [0.4, 0.5) is 5.69 Å². The van der Waals surface area contributed by atoms with Crippen molar-refractivity contribution in [2.24, 2.45) is 0 Å². The average Bonchev–Trinajstić information content (AvgIpc) is 2.99. The molecule has 130 valence electrons. The molecule has 0 aliphatic rings. The SMILES string of the molecule is COc1ccc2nc(SC(C)C(=O)Nc3cc(Cl)ccc3C)[nH]c2c1. The highest BCUT2D eigenvalue weighted by Gasteiger charge is 2.17. The fraction of sp³-hybridized carbons (Fsp3) is 0.222. The van der Waals surface area contributed by atoms with Gasteiger partial charge in [-0.3, -0.25) is 4.79 Å². The second-order valence-corrected chi connectivity index (χ2v) is 7.40. The highest BCUT2D eigenvalue weighted by Crippen LogP contribution is 2.27.